The third-order valence-corrected chi connectivity index (χ3v) is 5.40. The van der Waals surface area contributed by atoms with Gasteiger partial charge in [0.15, 0.2) is 17.4 Å². The van der Waals surface area contributed by atoms with Crippen LogP contribution in [0.2, 0.25) is 0 Å². The van der Waals surface area contributed by atoms with E-state index in [1.54, 1.807) is 18.3 Å². The number of halogens is 2. The predicted molar refractivity (Wildman–Crippen MR) is 115 cm³/mol. The van der Waals surface area contributed by atoms with Gasteiger partial charge in [0.1, 0.15) is 5.69 Å². The number of carbonyl (C=O) groups excluding carboxylic acids is 1. The summed E-state index contributed by atoms with van der Waals surface area (Å²) in [5.41, 5.74) is -0.405. The molecule has 32 heavy (non-hydrogen) atoms. The molecule has 2 aromatic heterocycles. The highest BCUT2D eigenvalue weighted by atomic mass is 19.1. The Hall–Kier alpha value is -3.48. The lowest BCUT2D eigenvalue weighted by Gasteiger charge is -2.15. The highest BCUT2D eigenvalue weighted by Crippen LogP contribution is 2.24. The summed E-state index contributed by atoms with van der Waals surface area (Å²) in [6.45, 7) is 2.04. The van der Waals surface area contributed by atoms with Crippen molar-refractivity contribution in [1.29, 1.82) is 5.26 Å². The molecular formula is C22H26F2N6O2. The molecule has 1 unspecified atom stereocenters. The van der Waals surface area contributed by atoms with Gasteiger partial charge in [0.25, 0.3) is 5.91 Å². The number of anilines is 1. The molecule has 3 rings (SSSR count). The Labute approximate surface area is 185 Å². The topological polar surface area (TPSA) is 107 Å². The van der Waals surface area contributed by atoms with Crippen LogP contribution in [0.5, 0.6) is 0 Å². The molecule has 1 aliphatic heterocycles. The minimum absolute atomic E-state index is 0.0104. The van der Waals surface area contributed by atoms with Gasteiger partial charge < -0.3 is 20.0 Å². The van der Waals surface area contributed by atoms with Gasteiger partial charge in [-0.05, 0) is 37.3 Å². The van der Waals surface area contributed by atoms with Crippen LogP contribution in [0.3, 0.4) is 0 Å². The number of amides is 1. The Morgan fingerprint density at radius 2 is 2.06 bits per heavy atom. The summed E-state index contributed by atoms with van der Waals surface area (Å²) in [6, 6.07) is 3.41. The van der Waals surface area contributed by atoms with Crippen molar-refractivity contribution in [3.05, 3.63) is 48.2 Å². The van der Waals surface area contributed by atoms with Crippen LogP contribution in [-0.2, 0) is 0 Å². The molecule has 8 nitrogen and oxygen atoms in total. The SMILES string of the molecule is N#CN=C(NCCCCCCC1CCN(C(=O)c2ccco2)C1)Nc1c(F)cncc1F. The van der Waals surface area contributed by atoms with Gasteiger partial charge in [-0.2, -0.15) is 5.26 Å². The van der Waals surface area contributed by atoms with E-state index in [4.69, 9.17) is 9.68 Å². The van der Waals surface area contributed by atoms with Crippen molar-refractivity contribution in [2.45, 2.75) is 38.5 Å². The van der Waals surface area contributed by atoms with Crippen molar-refractivity contribution in [2.75, 3.05) is 25.0 Å². The van der Waals surface area contributed by atoms with Gasteiger partial charge in [-0.15, -0.1) is 4.99 Å². The highest BCUT2D eigenvalue weighted by molar-refractivity contribution is 5.94. The zero-order valence-electron chi connectivity index (χ0n) is 17.7. The molecule has 0 radical (unpaired) electrons. The molecule has 1 aliphatic rings. The van der Waals surface area contributed by atoms with E-state index in [1.807, 2.05) is 4.90 Å². The first-order chi connectivity index (χ1) is 15.6. The lowest BCUT2D eigenvalue weighted by Crippen LogP contribution is -2.32. The van der Waals surface area contributed by atoms with Crippen molar-refractivity contribution in [2.24, 2.45) is 10.9 Å². The lowest BCUT2D eigenvalue weighted by atomic mass is 10.00. The normalized spacial score (nSPS) is 16.1. The maximum atomic E-state index is 13.7. The number of carbonyl (C=O) groups is 1. The van der Waals surface area contributed by atoms with Crippen LogP contribution in [0.25, 0.3) is 0 Å². The van der Waals surface area contributed by atoms with E-state index in [-0.39, 0.29) is 11.9 Å². The zero-order chi connectivity index (χ0) is 22.8. The van der Waals surface area contributed by atoms with Crippen molar-refractivity contribution in [3.63, 3.8) is 0 Å². The Balaban J connectivity index is 1.30. The summed E-state index contributed by atoms with van der Waals surface area (Å²) in [4.78, 5) is 21.1. The maximum Gasteiger partial charge on any atom is 0.289 e. The quantitative estimate of drug-likeness (QED) is 0.263. The molecule has 0 saturated carbocycles. The van der Waals surface area contributed by atoms with Gasteiger partial charge in [0, 0.05) is 19.6 Å². The average Bonchev–Trinajstić information content (AvgIpc) is 3.47. The van der Waals surface area contributed by atoms with Gasteiger partial charge in [0.2, 0.25) is 12.2 Å². The van der Waals surface area contributed by atoms with E-state index in [0.29, 0.717) is 18.2 Å². The number of aliphatic imine (C=N–C) groups is 1. The molecule has 170 valence electrons. The van der Waals surface area contributed by atoms with Crippen LogP contribution < -0.4 is 10.6 Å². The molecule has 0 spiro atoms. The number of hydrogen-bond acceptors (Lipinski definition) is 5. The number of unbranched alkanes of at least 4 members (excludes halogenated alkanes) is 3. The summed E-state index contributed by atoms with van der Waals surface area (Å²) in [6.07, 6.45) is 10.8. The Kier molecular flexibility index (Phi) is 8.54. The minimum atomic E-state index is -0.867. The Morgan fingerprint density at radius 1 is 1.28 bits per heavy atom. The van der Waals surface area contributed by atoms with Crippen LogP contribution in [-0.4, -0.2) is 41.4 Å². The smallest absolute Gasteiger partial charge is 0.289 e. The number of nitriles is 1. The maximum absolute atomic E-state index is 13.7. The molecule has 1 atom stereocenters. The fourth-order valence-electron chi connectivity index (χ4n) is 3.74. The van der Waals surface area contributed by atoms with E-state index in [1.165, 1.54) is 6.26 Å². The molecule has 1 amide bonds. The number of hydrogen-bond donors (Lipinski definition) is 2. The number of aromatic nitrogens is 1. The van der Waals surface area contributed by atoms with E-state index in [0.717, 1.165) is 64.0 Å². The molecule has 0 aliphatic carbocycles. The number of pyridine rings is 1. The molecule has 0 aromatic carbocycles. The number of furan rings is 1. The largest absolute Gasteiger partial charge is 0.459 e. The molecule has 3 heterocycles. The first-order valence-corrected chi connectivity index (χ1v) is 10.7. The Morgan fingerprint density at radius 3 is 2.78 bits per heavy atom. The monoisotopic (exact) mass is 444 g/mol. The van der Waals surface area contributed by atoms with Crippen molar-refractivity contribution in [3.8, 4) is 6.19 Å². The predicted octanol–water partition coefficient (Wildman–Crippen LogP) is 3.90. The fraction of sp³-hybridized carbons (Fsp3) is 0.455. The fourth-order valence-corrected chi connectivity index (χ4v) is 3.74. The van der Waals surface area contributed by atoms with E-state index < -0.39 is 17.3 Å². The van der Waals surface area contributed by atoms with E-state index >= 15 is 0 Å². The summed E-state index contributed by atoms with van der Waals surface area (Å²) in [7, 11) is 0. The minimum Gasteiger partial charge on any atom is -0.459 e. The number of nitrogens with one attached hydrogen (secondary N) is 2. The van der Waals surface area contributed by atoms with Crippen LogP contribution in [0.1, 0.15) is 49.1 Å². The Bertz CT molecular complexity index is 938. The molecular weight excluding hydrogens is 418 g/mol. The molecule has 10 heteroatoms. The molecule has 1 fully saturated rings. The van der Waals surface area contributed by atoms with Crippen LogP contribution in [0, 0.1) is 29.0 Å². The summed E-state index contributed by atoms with van der Waals surface area (Å²) in [5.74, 6) is -0.887. The summed E-state index contributed by atoms with van der Waals surface area (Å²) >= 11 is 0. The van der Waals surface area contributed by atoms with Crippen LogP contribution >= 0.6 is 0 Å². The average molecular weight is 444 g/mol. The van der Waals surface area contributed by atoms with Gasteiger partial charge in [-0.1, -0.05) is 19.3 Å². The van der Waals surface area contributed by atoms with Gasteiger partial charge >= 0.3 is 0 Å². The second-order valence-corrected chi connectivity index (χ2v) is 7.68. The van der Waals surface area contributed by atoms with E-state index in [9.17, 15) is 13.6 Å². The van der Waals surface area contributed by atoms with Crippen molar-refractivity contribution >= 4 is 17.6 Å². The first kappa shape index (κ1) is 23.2. The van der Waals surface area contributed by atoms with Gasteiger partial charge in [0.05, 0.1) is 18.7 Å². The van der Waals surface area contributed by atoms with E-state index in [2.05, 4.69) is 20.6 Å². The van der Waals surface area contributed by atoms with Gasteiger partial charge in [-0.25, -0.2) is 8.78 Å². The first-order valence-electron chi connectivity index (χ1n) is 10.7. The third kappa shape index (κ3) is 6.51. The highest BCUT2D eigenvalue weighted by Gasteiger charge is 2.27. The number of rotatable bonds is 9. The number of nitrogens with zero attached hydrogens (tertiary/aromatic N) is 4. The van der Waals surface area contributed by atoms with Crippen molar-refractivity contribution in [1.82, 2.24) is 15.2 Å². The third-order valence-electron chi connectivity index (χ3n) is 5.40. The van der Waals surface area contributed by atoms with Gasteiger partial charge in [-0.3, -0.25) is 9.78 Å². The van der Waals surface area contributed by atoms with Crippen LogP contribution in [0.15, 0.2) is 40.2 Å². The molecule has 0 bridgehead atoms. The number of guanidine groups is 1. The molecule has 1 saturated heterocycles. The second kappa shape index (κ2) is 11.8. The second-order valence-electron chi connectivity index (χ2n) is 7.68. The molecule has 2 aromatic rings. The zero-order valence-corrected chi connectivity index (χ0v) is 17.7. The van der Waals surface area contributed by atoms with Crippen LogP contribution in [0.4, 0.5) is 14.5 Å². The number of likely N-dealkylation sites (tertiary alicyclic amines) is 1. The standard InChI is InChI=1S/C22H26F2N6O2/c23-17-12-26-13-18(24)20(17)29-22(28-15-25)27-9-4-2-1-3-6-16-8-10-30(14-16)21(31)19-7-5-11-32-19/h5,7,11-13,16H,1-4,6,8-10,14H2,(H2,26,27,28,29). The summed E-state index contributed by atoms with van der Waals surface area (Å²) < 4.78 is 32.6. The summed E-state index contributed by atoms with van der Waals surface area (Å²) in [5, 5.41) is 14.2. The van der Waals surface area contributed by atoms with Crippen molar-refractivity contribution < 1.29 is 18.0 Å². The lowest BCUT2D eigenvalue weighted by molar-refractivity contribution is 0.0754. The molecule has 2 N–H and O–H groups in total.